The third-order valence-corrected chi connectivity index (χ3v) is 10.9. The van der Waals surface area contributed by atoms with Gasteiger partial charge in [0.2, 0.25) is 0 Å². The minimum atomic E-state index is -0.107. The summed E-state index contributed by atoms with van der Waals surface area (Å²) in [5, 5.41) is 13.9. The first kappa shape index (κ1) is 20.2. The Labute approximate surface area is 190 Å². The first-order valence-corrected chi connectivity index (χ1v) is 13.3. The fraction of sp³-hybridized carbons (Fsp3) is 0.607. The number of aromatic nitrogens is 1. The van der Waals surface area contributed by atoms with E-state index in [0.29, 0.717) is 16.7 Å². The number of aliphatic hydroxyl groups is 1. The fourth-order valence-electron chi connectivity index (χ4n) is 8.24. The van der Waals surface area contributed by atoms with Crippen molar-refractivity contribution in [1.29, 1.82) is 0 Å². The number of nitrogens with zero attached hydrogens (tertiary/aromatic N) is 1. The van der Waals surface area contributed by atoms with Crippen molar-refractivity contribution in [2.24, 2.45) is 28.6 Å². The maximum Gasteiger partial charge on any atom is 0.0969 e. The van der Waals surface area contributed by atoms with E-state index < -0.39 is 0 Å². The lowest BCUT2D eigenvalue weighted by molar-refractivity contribution is -0.0409. The van der Waals surface area contributed by atoms with Crippen LogP contribution in [0.4, 0.5) is 0 Å². The highest BCUT2D eigenvalue weighted by Crippen LogP contribution is 2.68. The van der Waals surface area contributed by atoms with Crippen LogP contribution in [-0.4, -0.2) is 16.2 Å². The summed E-state index contributed by atoms with van der Waals surface area (Å²) < 4.78 is 0. The van der Waals surface area contributed by atoms with Gasteiger partial charge in [0.05, 0.1) is 16.8 Å². The van der Waals surface area contributed by atoms with Crippen molar-refractivity contribution in [1.82, 2.24) is 4.98 Å². The molecule has 1 N–H and O–H groups in total. The standard InChI is InChI=1S/C28H35NOS/c1-27-14-12-20(30)16-19(27)8-9-21-22-10-11-24(28(22,2)15-13-23(21)27)26-29-25(17-31-26)18-6-4-3-5-7-18/h3-8,17,20-24,30H,9-16H2,1-2H3/t20-,21-,22-,23-,24+,27-,28-/m0/s1. The molecule has 6 rings (SSSR count). The molecule has 3 heteroatoms. The Morgan fingerprint density at radius 1 is 1.00 bits per heavy atom. The highest BCUT2D eigenvalue weighted by atomic mass is 32.1. The van der Waals surface area contributed by atoms with Gasteiger partial charge in [-0.1, -0.05) is 55.8 Å². The van der Waals surface area contributed by atoms with E-state index in [1.807, 2.05) is 11.3 Å². The van der Waals surface area contributed by atoms with Crippen molar-refractivity contribution in [2.45, 2.75) is 77.2 Å². The lowest BCUT2D eigenvalue weighted by Crippen LogP contribution is -2.50. The van der Waals surface area contributed by atoms with Crippen LogP contribution in [0.3, 0.4) is 0 Å². The van der Waals surface area contributed by atoms with E-state index in [1.54, 1.807) is 5.57 Å². The Kier molecular flexibility index (Phi) is 4.74. The number of allylic oxidation sites excluding steroid dienone is 1. The molecule has 164 valence electrons. The quantitative estimate of drug-likeness (QED) is 0.507. The molecular weight excluding hydrogens is 398 g/mol. The second-order valence-corrected chi connectivity index (χ2v) is 12.2. The number of hydrogen-bond acceptors (Lipinski definition) is 3. The van der Waals surface area contributed by atoms with Crippen molar-refractivity contribution in [3.8, 4) is 11.3 Å². The first-order chi connectivity index (χ1) is 15.0. The number of rotatable bonds is 2. The highest BCUT2D eigenvalue weighted by molar-refractivity contribution is 7.10. The summed E-state index contributed by atoms with van der Waals surface area (Å²) in [6.45, 7) is 5.13. The Bertz CT molecular complexity index is 995. The maximum atomic E-state index is 10.2. The smallest absolute Gasteiger partial charge is 0.0969 e. The molecule has 0 saturated heterocycles. The van der Waals surface area contributed by atoms with Crippen molar-refractivity contribution in [3.63, 3.8) is 0 Å². The Hall–Kier alpha value is -1.45. The van der Waals surface area contributed by atoms with Gasteiger partial charge in [-0.3, -0.25) is 0 Å². The molecule has 0 amide bonds. The van der Waals surface area contributed by atoms with E-state index >= 15 is 0 Å². The van der Waals surface area contributed by atoms with Gasteiger partial charge in [-0.05, 0) is 80.0 Å². The topological polar surface area (TPSA) is 33.1 Å². The average molecular weight is 434 g/mol. The van der Waals surface area contributed by atoms with Crippen LogP contribution in [0.15, 0.2) is 47.4 Å². The minimum absolute atomic E-state index is 0.107. The van der Waals surface area contributed by atoms with Crippen LogP contribution in [0, 0.1) is 28.6 Å². The molecule has 0 bridgehead atoms. The van der Waals surface area contributed by atoms with E-state index in [-0.39, 0.29) is 6.10 Å². The molecule has 3 fully saturated rings. The highest BCUT2D eigenvalue weighted by Gasteiger charge is 2.59. The van der Waals surface area contributed by atoms with Gasteiger partial charge >= 0.3 is 0 Å². The van der Waals surface area contributed by atoms with Crippen molar-refractivity contribution in [3.05, 3.63) is 52.4 Å². The van der Waals surface area contributed by atoms with Gasteiger partial charge in [-0.25, -0.2) is 4.98 Å². The third kappa shape index (κ3) is 3.03. The maximum absolute atomic E-state index is 10.2. The molecule has 1 aromatic carbocycles. The molecular formula is C28H35NOS. The molecule has 0 unspecified atom stereocenters. The summed E-state index contributed by atoms with van der Waals surface area (Å²) in [5.41, 5.74) is 4.70. The molecule has 1 heterocycles. The Balaban J connectivity index is 1.29. The average Bonchev–Trinajstić information content (AvgIpc) is 3.39. The number of thiazole rings is 1. The van der Waals surface area contributed by atoms with Crippen molar-refractivity contribution < 1.29 is 5.11 Å². The molecule has 3 saturated carbocycles. The van der Waals surface area contributed by atoms with Crippen LogP contribution in [0.5, 0.6) is 0 Å². The van der Waals surface area contributed by atoms with E-state index in [4.69, 9.17) is 4.98 Å². The fourth-order valence-corrected chi connectivity index (χ4v) is 9.36. The van der Waals surface area contributed by atoms with Crippen LogP contribution in [0.25, 0.3) is 11.3 Å². The molecule has 0 radical (unpaired) electrons. The normalized spacial score (nSPS) is 41.8. The molecule has 4 aliphatic rings. The molecule has 0 spiro atoms. The van der Waals surface area contributed by atoms with Crippen LogP contribution in [-0.2, 0) is 0 Å². The lowest BCUT2D eigenvalue weighted by Gasteiger charge is -2.58. The SMILES string of the molecule is C[C@]12CC[C@H]3[C@@H](CC=C4C[C@@H](O)CC[C@@]43C)[C@@H]1CC[C@@H]2c1nc(-c2ccccc2)cs1. The third-order valence-electron chi connectivity index (χ3n) is 9.97. The summed E-state index contributed by atoms with van der Waals surface area (Å²) in [6.07, 6.45) is 12.1. The monoisotopic (exact) mass is 433 g/mol. The molecule has 7 atom stereocenters. The predicted molar refractivity (Wildman–Crippen MR) is 128 cm³/mol. The zero-order chi connectivity index (χ0) is 21.2. The lowest BCUT2D eigenvalue weighted by atomic mass is 9.47. The van der Waals surface area contributed by atoms with Gasteiger partial charge in [0, 0.05) is 16.9 Å². The van der Waals surface area contributed by atoms with E-state index in [0.717, 1.165) is 36.3 Å². The largest absolute Gasteiger partial charge is 0.393 e. The Morgan fingerprint density at radius 3 is 2.68 bits per heavy atom. The molecule has 2 aromatic rings. The summed E-state index contributed by atoms with van der Waals surface area (Å²) in [4.78, 5) is 5.17. The minimum Gasteiger partial charge on any atom is -0.393 e. The first-order valence-electron chi connectivity index (χ1n) is 12.4. The summed E-state index contributed by atoms with van der Waals surface area (Å²) in [5.74, 6) is 3.07. The van der Waals surface area contributed by atoms with Crippen LogP contribution in [0.2, 0.25) is 0 Å². The van der Waals surface area contributed by atoms with Crippen molar-refractivity contribution >= 4 is 11.3 Å². The number of benzene rings is 1. The van der Waals surface area contributed by atoms with Gasteiger partial charge in [-0.15, -0.1) is 11.3 Å². The van der Waals surface area contributed by atoms with E-state index in [9.17, 15) is 5.11 Å². The number of aliphatic hydroxyl groups excluding tert-OH is 1. The van der Waals surface area contributed by atoms with Gasteiger partial charge in [0.15, 0.2) is 0 Å². The summed E-state index contributed by atoms with van der Waals surface area (Å²) >= 11 is 1.89. The molecule has 31 heavy (non-hydrogen) atoms. The van der Waals surface area contributed by atoms with E-state index in [2.05, 4.69) is 55.6 Å². The summed E-state index contributed by atoms with van der Waals surface area (Å²) in [7, 11) is 0. The molecule has 1 aromatic heterocycles. The molecule has 2 nitrogen and oxygen atoms in total. The van der Waals surface area contributed by atoms with E-state index in [1.165, 1.54) is 49.1 Å². The van der Waals surface area contributed by atoms with Gasteiger partial charge in [0.25, 0.3) is 0 Å². The zero-order valence-electron chi connectivity index (χ0n) is 18.9. The predicted octanol–water partition coefficient (Wildman–Crippen LogP) is 7.22. The van der Waals surface area contributed by atoms with Gasteiger partial charge in [0.1, 0.15) is 0 Å². The molecule has 0 aliphatic heterocycles. The second-order valence-electron chi connectivity index (χ2n) is 11.3. The second kappa shape index (κ2) is 7.28. The summed E-state index contributed by atoms with van der Waals surface area (Å²) in [6, 6.07) is 10.7. The van der Waals surface area contributed by atoms with Crippen molar-refractivity contribution in [2.75, 3.05) is 0 Å². The van der Waals surface area contributed by atoms with Gasteiger partial charge in [-0.2, -0.15) is 0 Å². The van der Waals surface area contributed by atoms with Gasteiger partial charge < -0.3 is 5.11 Å². The number of fused-ring (bicyclic) bond motifs is 5. The zero-order valence-corrected chi connectivity index (χ0v) is 19.7. The van der Waals surface area contributed by atoms with Crippen LogP contribution in [0.1, 0.15) is 76.1 Å². The number of hydrogen-bond donors (Lipinski definition) is 1. The molecule has 4 aliphatic carbocycles. The van der Waals surface area contributed by atoms with Crippen LogP contribution < -0.4 is 0 Å². The van der Waals surface area contributed by atoms with Crippen LogP contribution >= 0.6 is 11.3 Å². The Morgan fingerprint density at radius 2 is 1.84 bits per heavy atom.